The molecule has 1 aliphatic heterocycles. The van der Waals surface area contributed by atoms with E-state index in [1.165, 1.54) is 0 Å². The standard InChI is InChI=1S/C24H23Cl2N3O3/c1-24(12-21(30)31)11-20(16-4-3-5-18(26)10-16)22(15-6-8-17(25)9-7-15)29(23(24)32)19-13-27-28(2)14-19/h3-10,13-14,20,22H,11-12H2,1-2H3,(H,30,31). The molecule has 0 saturated carbocycles. The molecule has 2 heterocycles. The van der Waals surface area contributed by atoms with Crippen molar-refractivity contribution in [1.29, 1.82) is 0 Å². The first-order valence-electron chi connectivity index (χ1n) is 10.2. The third kappa shape index (κ3) is 4.25. The molecule has 0 radical (unpaired) electrons. The lowest BCUT2D eigenvalue weighted by Gasteiger charge is -2.48. The van der Waals surface area contributed by atoms with E-state index in [1.807, 2.05) is 30.3 Å². The van der Waals surface area contributed by atoms with E-state index in [1.54, 1.807) is 54.1 Å². The number of anilines is 1. The quantitative estimate of drug-likeness (QED) is 0.535. The van der Waals surface area contributed by atoms with Crippen LogP contribution < -0.4 is 4.90 Å². The summed E-state index contributed by atoms with van der Waals surface area (Å²) in [4.78, 5) is 27.3. The van der Waals surface area contributed by atoms with Crippen LogP contribution in [0.4, 0.5) is 5.69 Å². The van der Waals surface area contributed by atoms with Gasteiger partial charge in [0.15, 0.2) is 0 Å². The van der Waals surface area contributed by atoms with Gasteiger partial charge in [-0.1, -0.05) is 54.4 Å². The van der Waals surface area contributed by atoms with E-state index in [2.05, 4.69) is 5.10 Å². The largest absolute Gasteiger partial charge is 0.481 e. The first-order valence-corrected chi connectivity index (χ1v) is 11.0. The highest BCUT2D eigenvalue weighted by Crippen LogP contribution is 2.52. The molecule has 6 nitrogen and oxygen atoms in total. The molecule has 1 aromatic heterocycles. The molecular formula is C24H23Cl2N3O3. The van der Waals surface area contributed by atoms with Gasteiger partial charge in [-0.05, 0) is 41.8 Å². The van der Waals surface area contributed by atoms with Gasteiger partial charge in [0, 0.05) is 29.2 Å². The second-order valence-corrected chi connectivity index (χ2v) is 9.41. The van der Waals surface area contributed by atoms with Crippen molar-refractivity contribution in [3.05, 3.63) is 82.1 Å². The molecule has 4 rings (SSSR count). The smallest absolute Gasteiger partial charge is 0.304 e. The Hall–Kier alpha value is -2.83. The molecule has 0 bridgehead atoms. The molecule has 2 aromatic carbocycles. The summed E-state index contributed by atoms with van der Waals surface area (Å²) in [5, 5.41) is 15.0. The maximum atomic E-state index is 13.9. The van der Waals surface area contributed by atoms with Crippen LogP contribution in [-0.2, 0) is 16.6 Å². The second kappa shape index (κ2) is 8.60. The number of carbonyl (C=O) groups is 2. The Kier molecular flexibility index (Phi) is 6.01. The summed E-state index contributed by atoms with van der Waals surface area (Å²) < 4.78 is 1.62. The lowest BCUT2D eigenvalue weighted by atomic mass is 9.67. The van der Waals surface area contributed by atoms with Crippen molar-refractivity contribution in [2.45, 2.75) is 31.7 Å². The molecule has 1 N–H and O–H groups in total. The molecule has 3 aromatic rings. The van der Waals surface area contributed by atoms with Gasteiger partial charge in [-0.3, -0.25) is 14.3 Å². The summed E-state index contributed by atoms with van der Waals surface area (Å²) in [6.45, 7) is 1.72. The number of nitrogens with zero attached hydrogens (tertiary/aromatic N) is 3. The van der Waals surface area contributed by atoms with Crippen molar-refractivity contribution in [3.63, 3.8) is 0 Å². The molecule has 32 heavy (non-hydrogen) atoms. The molecule has 1 aliphatic rings. The number of hydrogen-bond donors (Lipinski definition) is 1. The molecule has 3 unspecified atom stereocenters. The zero-order chi connectivity index (χ0) is 23.0. The Morgan fingerprint density at radius 1 is 1.16 bits per heavy atom. The van der Waals surface area contributed by atoms with Gasteiger partial charge in [0.25, 0.3) is 0 Å². The van der Waals surface area contributed by atoms with Gasteiger partial charge in [0.05, 0.1) is 29.8 Å². The molecule has 1 amide bonds. The number of aliphatic carboxylic acids is 1. The predicted octanol–water partition coefficient (Wildman–Crippen LogP) is 5.47. The van der Waals surface area contributed by atoms with Crippen molar-refractivity contribution in [3.8, 4) is 0 Å². The lowest BCUT2D eigenvalue weighted by molar-refractivity contribution is -0.145. The van der Waals surface area contributed by atoms with E-state index in [0.717, 1.165) is 11.1 Å². The van der Waals surface area contributed by atoms with Gasteiger partial charge < -0.3 is 10.0 Å². The minimum Gasteiger partial charge on any atom is -0.481 e. The third-order valence-corrected chi connectivity index (χ3v) is 6.55. The molecule has 166 valence electrons. The van der Waals surface area contributed by atoms with Crippen molar-refractivity contribution in [1.82, 2.24) is 9.78 Å². The third-order valence-electron chi connectivity index (χ3n) is 6.06. The topological polar surface area (TPSA) is 75.4 Å². The van der Waals surface area contributed by atoms with E-state index in [-0.39, 0.29) is 24.3 Å². The van der Waals surface area contributed by atoms with Crippen LogP contribution >= 0.6 is 23.2 Å². The molecule has 1 fully saturated rings. The van der Waals surface area contributed by atoms with Crippen LogP contribution in [0.15, 0.2) is 60.9 Å². The zero-order valence-corrected chi connectivity index (χ0v) is 19.2. The Balaban J connectivity index is 1.94. The first-order chi connectivity index (χ1) is 15.2. The minimum atomic E-state index is -1.10. The number of piperidine rings is 1. The average molecular weight is 472 g/mol. The van der Waals surface area contributed by atoms with E-state index in [0.29, 0.717) is 22.2 Å². The molecule has 0 aliphatic carbocycles. The van der Waals surface area contributed by atoms with Crippen LogP contribution in [-0.4, -0.2) is 26.8 Å². The average Bonchev–Trinajstić information content (AvgIpc) is 3.16. The zero-order valence-electron chi connectivity index (χ0n) is 17.7. The number of halogens is 2. The number of aryl methyl sites for hydroxylation is 1. The second-order valence-electron chi connectivity index (χ2n) is 8.54. The number of benzene rings is 2. The van der Waals surface area contributed by atoms with Gasteiger partial charge in [-0.25, -0.2) is 0 Å². The number of amides is 1. The summed E-state index contributed by atoms with van der Waals surface area (Å²) in [6.07, 6.45) is 3.49. The van der Waals surface area contributed by atoms with Crippen molar-refractivity contribution >= 4 is 40.8 Å². The molecule has 3 atom stereocenters. The Morgan fingerprint density at radius 2 is 1.88 bits per heavy atom. The summed E-state index contributed by atoms with van der Waals surface area (Å²) in [5.74, 6) is -1.45. The van der Waals surface area contributed by atoms with Crippen LogP contribution in [0.3, 0.4) is 0 Å². The van der Waals surface area contributed by atoms with E-state index in [9.17, 15) is 14.7 Å². The Labute approximate surface area is 196 Å². The van der Waals surface area contributed by atoms with Crippen molar-refractivity contribution in [2.75, 3.05) is 4.90 Å². The van der Waals surface area contributed by atoms with Gasteiger partial charge >= 0.3 is 5.97 Å². The fraction of sp³-hybridized carbons (Fsp3) is 0.292. The fourth-order valence-corrected chi connectivity index (χ4v) is 4.98. The highest BCUT2D eigenvalue weighted by atomic mass is 35.5. The summed E-state index contributed by atoms with van der Waals surface area (Å²) in [7, 11) is 1.78. The minimum absolute atomic E-state index is 0.197. The van der Waals surface area contributed by atoms with Crippen LogP contribution in [0.5, 0.6) is 0 Å². The van der Waals surface area contributed by atoms with Gasteiger partial charge in [0.2, 0.25) is 5.91 Å². The Morgan fingerprint density at radius 3 is 2.47 bits per heavy atom. The van der Waals surface area contributed by atoms with Crippen LogP contribution in [0.2, 0.25) is 10.0 Å². The molecule has 1 saturated heterocycles. The van der Waals surface area contributed by atoms with Gasteiger partial charge in [-0.2, -0.15) is 5.10 Å². The summed E-state index contributed by atoms with van der Waals surface area (Å²) >= 11 is 12.5. The fourth-order valence-electron chi connectivity index (χ4n) is 4.65. The maximum absolute atomic E-state index is 13.9. The number of aromatic nitrogens is 2. The number of carboxylic acids is 1. The normalized spacial score (nSPS) is 23.4. The Bertz CT molecular complexity index is 1160. The van der Waals surface area contributed by atoms with Gasteiger partial charge in [0.1, 0.15) is 0 Å². The highest BCUT2D eigenvalue weighted by Gasteiger charge is 2.51. The molecule has 0 spiro atoms. The number of carbonyl (C=O) groups excluding carboxylic acids is 1. The van der Waals surface area contributed by atoms with E-state index < -0.39 is 11.4 Å². The summed E-state index contributed by atoms with van der Waals surface area (Å²) in [5.41, 5.74) is 1.35. The molecule has 8 heteroatoms. The molecular weight excluding hydrogens is 449 g/mol. The number of rotatable bonds is 5. The first kappa shape index (κ1) is 22.4. The van der Waals surface area contributed by atoms with Crippen molar-refractivity contribution in [2.24, 2.45) is 12.5 Å². The number of hydrogen-bond acceptors (Lipinski definition) is 3. The SMILES string of the molecule is Cn1cc(N2C(=O)C(C)(CC(=O)O)CC(c3cccc(Cl)c3)C2c2ccc(Cl)cc2)cn1. The van der Waals surface area contributed by atoms with Crippen LogP contribution in [0.25, 0.3) is 0 Å². The van der Waals surface area contributed by atoms with E-state index >= 15 is 0 Å². The van der Waals surface area contributed by atoms with Gasteiger partial charge in [-0.15, -0.1) is 0 Å². The lowest BCUT2D eigenvalue weighted by Crippen LogP contribution is -2.52. The predicted molar refractivity (Wildman–Crippen MR) is 124 cm³/mol. The van der Waals surface area contributed by atoms with Crippen LogP contribution in [0, 0.1) is 5.41 Å². The maximum Gasteiger partial charge on any atom is 0.304 e. The van der Waals surface area contributed by atoms with Crippen LogP contribution in [0.1, 0.15) is 42.9 Å². The monoisotopic (exact) mass is 471 g/mol. The van der Waals surface area contributed by atoms with E-state index in [4.69, 9.17) is 23.2 Å². The summed E-state index contributed by atoms with van der Waals surface area (Å²) in [6, 6.07) is 14.5. The number of carboxylic acid groups (broad SMARTS) is 1. The highest BCUT2D eigenvalue weighted by molar-refractivity contribution is 6.30. The van der Waals surface area contributed by atoms with Crippen molar-refractivity contribution < 1.29 is 14.7 Å².